The highest BCUT2D eigenvalue weighted by Crippen LogP contribution is 2.26. The van der Waals surface area contributed by atoms with Crippen molar-refractivity contribution in [1.29, 1.82) is 0 Å². The predicted octanol–water partition coefficient (Wildman–Crippen LogP) is 17.3. The molecule has 1 heterocycles. The maximum atomic E-state index is 13.4. The Labute approximate surface area is 503 Å². The van der Waals surface area contributed by atoms with E-state index in [0.29, 0.717) is 12.8 Å². The number of aliphatic hydroxyl groups excluding tert-OH is 5. The molecule has 1 aliphatic heterocycles. The summed E-state index contributed by atoms with van der Waals surface area (Å²) < 4.78 is 17.7. The number of rotatable bonds is 59. The van der Waals surface area contributed by atoms with Crippen molar-refractivity contribution in [2.24, 2.45) is 0 Å². The van der Waals surface area contributed by atoms with Crippen LogP contribution in [0.1, 0.15) is 316 Å². The van der Waals surface area contributed by atoms with Gasteiger partial charge in [-0.2, -0.15) is 0 Å². The van der Waals surface area contributed by atoms with Crippen LogP contribution in [0, 0.1) is 0 Å². The molecule has 0 aromatic rings. The van der Waals surface area contributed by atoms with Crippen LogP contribution < -0.4 is 5.32 Å². The van der Waals surface area contributed by atoms with Gasteiger partial charge in [-0.05, 0) is 44.9 Å². The van der Waals surface area contributed by atoms with E-state index in [0.717, 1.165) is 70.6 Å². The maximum absolute atomic E-state index is 13.4. The molecule has 0 bridgehead atoms. The molecule has 0 aliphatic carbocycles. The van der Waals surface area contributed by atoms with Gasteiger partial charge in [0.1, 0.15) is 24.4 Å². The molecule has 6 N–H and O–H groups in total. The van der Waals surface area contributed by atoms with E-state index in [4.69, 9.17) is 14.2 Å². The fourth-order valence-corrected chi connectivity index (χ4v) is 10.8. The van der Waals surface area contributed by atoms with E-state index in [9.17, 15) is 35.1 Å². The number of ether oxygens (including phenoxy) is 3. The van der Waals surface area contributed by atoms with E-state index >= 15 is 0 Å². The molecule has 0 radical (unpaired) electrons. The molecule has 8 unspecified atom stereocenters. The molecule has 1 aliphatic rings. The second kappa shape index (κ2) is 58.7. The van der Waals surface area contributed by atoms with Crippen molar-refractivity contribution < 1.29 is 49.3 Å². The van der Waals surface area contributed by atoms with Gasteiger partial charge >= 0.3 is 5.97 Å². The van der Waals surface area contributed by atoms with Gasteiger partial charge in [-0.3, -0.25) is 9.59 Å². The number of aliphatic hydroxyl groups is 5. The van der Waals surface area contributed by atoms with Gasteiger partial charge in [0, 0.05) is 6.42 Å². The van der Waals surface area contributed by atoms with Gasteiger partial charge in [0.2, 0.25) is 5.91 Å². The largest absolute Gasteiger partial charge is 0.454 e. The first kappa shape index (κ1) is 77.4. The van der Waals surface area contributed by atoms with E-state index in [1.165, 1.54) is 199 Å². The number of carbonyl (C=O) groups is 2. The van der Waals surface area contributed by atoms with E-state index in [1.54, 1.807) is 6.08 Å². The maximum Gasteiger partial charge on any atom is 0.306 e. The van der Waals surface area contributed by atoms with Crippen LogP contribution in [0.3, 0.4) is 0 Å². The van der Waals surface area contributed by atoms with Gasteiger partial charge in [-0.15, -0.1) is 0 Å². The Morgan fingerprint density at radius 2 is 0.878 bits per heavy atom. The molecule has 0 spiro atoms. The highest BCUT2D eigenvalue weighted by Gasteiger charge is 2.47. The number of allylic oxidation sites excluding steroid dienone is 9. The van der Waals surface area contributed by atoms with Crippen molar-refractivity contribution in [3.8, 4) is 0 Å². The molecule has 1 saturated heterocycles. The summed E-state index contributed by atoms with van der Waals surface area (Å²) in [6.45, 7) is 5.67. The Morgan fingerprint density at radius 1 is 0.488 bits per heavy atom. The number of hydrogen-bond donors (Lipinski definition) is 6. The van der Waals surface area contributed by atoms with Gasteiger partial charge in [-0.1, -0.05) is 326 Å². The van der Waals surface area contributed by atoms with Crippen LogP contribution >= 0.6 is 0 Å². The van der Waals surface area contributed by atoms with Crippen LogP contribution in [-0.4, -0.2) is 99.6 Å². The van der Waals surface area contributed by atoms with Crippen molar-refractivity contribution >= 4 is 11.9 Å². The second-order valence-corrected chi connectivity index (χ2v) is 24.0. The summed E-state index contributed by atoms with van der Waals surface area (Å²) in [4.78, 5) is 26.6. The first-order valence-electron chi connectivity index (χ1n) is 34.6. The third-order valence-corrected chi connectivity index (χ3v) is 16.3. The lowest BCUT2D eigenvalue weighted by atomic mass is 9.99. The molecule has 1 amide bonds. The first-order chi connectivity index (χ1) is 40.2. The highest BCUT2D eigenvalue weighted by molar-refractivity contribution is 5.80. The number of esters is 1. The molecule has 1 rings (SSSR count). The SMILES string of the molecule is CC/C=C/C=C/C=C/C=C\CCCCCCC(O)C(=O)NC(COC1OC(CO)C(O)C(O)C1OC(=O)CCCCCCCCCCCCCCCCCCCCCCCCCCCCC)C(O)/C=C/CCCCCCCCCCCC. The van der Waals surface area contributed by atoms with Gasteiger partial charge in [-0.25, -0.2) is 0 Å². The van der Waals surface area contributed by atoms with Crippen molar-refractivity contribution in [3.05, 3.63) is 60.8 Å². The molecule has 478 valence electrons. The molecule has 0 aromatic heterocycles. The minimum Gasteiger partial charge on any atom is -0.454 e. The third-order valence-electron chi connectivity index (χ3n) is 16.3. The van der Waals surface area contributed by atoms with Crippen LogP contribution in [0.15, 0.2) is 60.8 Å². The van der Waals surface area contributed by atoms with E-state index in [-0.39, 0.29) is 19.4 Å². The summed E-state index contributed by atoms with van der Waals surface area (Å²) in [5.41, 5.74) is 0. The monoisotopic (exact) mass is 1160 g/mol. The van der Waals surface area contributed by atoms with Gasteiger partial charge in [0.15, 0.2) is 12.4 Å². The van der Waals surface area contributed by atoms with Crippen LogP contribution in [0.4, 0.5) is 0 Å². The average molecular weight is 1160 g/mol. The summed E-state index contributed by atoms with van der Waals surface area (Å²) in [5, 5.41) is 57.1. The zero-order valence-corrected chi connectivity index (χ0v) is 53.1. The highest BCUT2D eigenvalue weighted by atomic mass is 16.7. The van der Waals surface area contributed by atoms with E-state index < -0.39 is 67.4 Å². The molecule has 11 heteroatoms. The number of hydrogen-bond acceptors (Lipinski definition) is 10. The van der Waals surface area contributed by atoms with E-state index in [1.807, 2.05) is 42.5 Å². The Bertz CT molecular complexity index is 1560. The molecule has 0 saturated carbocycles. The molecule has 82 heavy (non-hydrogen) atoms. The number of nitrogens with one attached hydrogen (secondary N) is 1. The molecular formula is C71H129NO10. The van der Waals surface area contributed by atoms with Crippen LogP contribution in [0.2, 0.25) is 0 Å². The molecular weight excluding hydrogens is 1030 g/mol. The lowest BCUT2D eigenvalue weighted by Crippen LogP contribution is -2.61. The average Bonchev–Trinajstić information content (AvgIpc) is 3.68. The molecule has 11 nitrogen and oxygen atoms in total. The summed E-state index contributed by atoms with van der Waals surface area (Å²) in [6.07, 6.45) is 64.3. The molecule has 1 fully saturated rings. The Hall–Kier alpha value is -2.64. The quantitative estimate of drug-likeness (QED) is 0.0149. The fraction of sp³-hybridized carbons (Fsp3) is 0.831. The topological polar surface area (TPSA) is 175 Å². The molecule has 8 atom stereocenters. The smallest absolute Gasteiger partial charge is 0.306 e. The fourth-order valence-electron chi connectivity index (χ4n) is 10.8. The normalized spacial score (nSPS) is 19.0. The molecule has 0 aromatic carbocycles. The minimum absolute atomic E-state index is 0.123. The Morgan fingerprint density at radius 3 is 1.32 bits per heavy atom. The van der Waals surface area contributed by atoms with Crippen molar-refractivity contribution in [1.82, 2.24) is 5.32 Å². The van der Waals surface area contributed by atoms with Gasteiger partial charge < -0.3 is 45.1 Å². The Balaban J connectivity index is 2.53. The predicted molar refractivity (Wildman–Crippen MR) is 343 cm³/mol. The van der Waals surface area contributed by atoms with Crippen molar-refractivity contribution in [2.75, 3.05) is 13.2 Å². The zero-order valence-electron chi connectivity index (χ0n) is 53.1. The summed E-state index contributed by atoms with van der Waals surface area (Å²) in [6, 6.07) is -1.04. The van der Waals surface area contributed by atoms with Crippen LogP contribution in [0.5, 0.6) is 0 Å². The lowest BCUT2D eigenvalue weighted by molar-refractivity contribution is -0.305. The lowest BCUT2D eigenvalue weighted by Gasteiger charge is -2.41. The third kappa shape index (κ3) is 45.7. The number of carbonyl (C=O) groups excluding carboxylic acids is 2. The summed E-state index contributed by atoms with van der Waals surface area (Å²) in [5.74, 6) is -1.21. The van der Waals surface area contributed by atoms with Crippen molar-refractivity contribution in [3.63, 3.8) is 0 Å². The van der Waals surface area contributed by atoms with Crippen molar-refractivity contribution in [2.45, 2.75) is 365 Å². The van der Waals surface area contributed by atoms with E-state index in [2.05, 4.69) is 38.2 Å². The van der Waals surface area contributed by atoms with Crippen LogP contribution in [0.25, 0.3) is 0 Å². The summed E-state index contributed by atoms with van der Waals surface area (Å²) in [7, 11) is 0. The first-order valence-corrected chi connectivity index (χ1v) is 34.6. The van der Waals surface area contributed by atoms with Gasteiger partial charge in [0.25, 0.3) is 0 Å². The van der Waals surface area contributed by atoms with Gasteiger partial charge in [0.05, 0.1) is 25.4 Å². The van der Waals surface area contributed by atoms with Crippen LogP contribution in [-0.2, 0) is 23.8 Å². The second-order valence-electron chi connectivity index (χ2n) is 24.0. The minimum atomic E-state index is -1.62. The number of amides is 1. The summed E-state index contributed by atoms with van der Waals surface area (Å²) >= 11 is 0. The Kier molecular flexibility index (Phi) is 55.4. The zero-order chi connectivity index (χ0) is 59.6. The standard InChI is InChI=1S/C71H129NO10/c1-4-7-10-13-16-19-22-25-27-28-29-30-31-32-33-34-35-36-37-38-39-41-44-47-50-53-56-59-66(76)82-69-68(78)67(77)65(60-73)81-71(69)80-61-62(63(74)57-54-51-48-45-42-24-21-18-15-12-9-6-3)72-70(79)64(75)58-55-52-49-46-43-40-26-23-20-17-14-11-8-5-2/h8,11,14,17,20,23,26,40,54,57,62-65,67-69,71,73-75,77-78H,4-7,9-10,12-13,15-16,18-19,21-22,24-25,27-39,41-53,55-56,58-61H2,1-3H3,(H,72,79)/b11-8+,17-14+,23-20+,40-26-,57-54+. The number of unbranched alkanes of at least 4 members (excludes halogenated alkanes) is 40.